The third kappa shape index (κ3) is 3.27. The van der Waals surface area contributed by atoms with Crippen molar-refractivity contribution in [1.82, 2.24) is 4.98 Å². The molecule has 142 valence electrons. The molecular formula is C17H11F4NO3S2. The maximum atomic E-state index is 13.3. The molecule has 0 spiro atoms. The quantitative estimate of drug-likeness (QED) is 0.332. The molecule has 10 heteroatoms. The molecule has 4 rings (SSSR count). The van der Waals surface area contributed by atoms with Crippen LogP contribution < -0.4 is 4.18 Å². The van der Waals surface area contributed by atoms with Gasteiger partial charge in [-0.1, -0.05) is 12.1 Å². The van der Waals surface area contributed by atoms with Crippen LogP contribution in [0.5, 0.6) is 5.75 Å². The number of fused-ring (bicyclic) bond motifs is 1. The van der Waals surface area contributed by atoms with E-state index in [1.165, 1.54) is 29.0 Å². The highest BCUT2D eigenvalue weighted by Gasteiger charge is 2.49. The number of hydrogen-bond acceptors (Lipinski definition) is 5. The van der Waals surface area contributed by atoms with E-state index >= 15 is 0 Å². The lowest BCUT2D eigenvalue weighted by Gasteiger charge is -2.17. The van der Waals surface area contributed by atoms with Gasteiger partial charge < -0.3 is 4.18 Å². The molecule has 1 fully saturated rings. The van der Waals surface area contributed by atoms with Gasteiger partial charge in [-0.3, -0.25) is 0 Å². The van der Waals surface area contributed by atoms with Crippen LogP contribution in [0, 0.1) is 5.82 Å². The molecule has 0 bridgehead atoms. The number of hydrogen-bond donors (Lipinski definition) is 0. The van der Waals surface area contributed by atoms with Crippen LogP contribution in [0.2, 0.25) is 0 Å². The fraction of sp³-hybridized carbons (Fsp3) is 0.235. The molecule has 0 saturated heterocycles. The zero-order chi connectivity index (χ0) is 19.4. The largest absolute Gasteiger partial charge is 0.534 e. The molecule has 2 aromatic carbocycles. The van der Waals surface area contributed by atoms with Crippen molar-refractivity contribution in [1.29, 1.82) is 0 Å². The number of aromatic nitrogens is 1. The summed E-state index contributed by atoms with van der Waals surface area (Å²) in [6.07, 6.45) is 1.44. The number of benzene rings is 2. The summed E-state index contributed by atoms with van der Waals surface area (Å²) in [6, 6.07) is 6.61. The molecular weight excluding hydrogens is 406 g/mol. The van der Waals surface area contributed by atoms with Crippen LogP contribution in [0.25, 0.3) is 21.3 Å². The van der Waals surface area contributed by atoms with Gasteiger partial charge in [0.05, 0.1) is 21.3 Å². The summed E-state index contributed by atoms with van der Waals surface area (Å²) in [5.41, 5.74) is -2.92. The Hall–Kier alpha value is -2.20. The summed E-state index contributed by atoms with van der Waals surface area (Å²) in [7, 11) is -5.87. The molecule has 0 N–H and O–H groups in total. The standard InChI is InChI=1S/C17H11F4NO3S2/c18-11-5-3-10(4-6-11)14-15-13(26-8-22-15)7-12(9-1-2-9)16(14)25-27(23,24)17(19,20)21/h3-9H,1-2H2. The van der Waals surface area contributed by atoms with Crippen molar-refractivity contribution >= 4 is 31.7 Å². The molecule has 0 radical (unpaired) electrons. The van der Waals surface area contributed by atoms with Gasteiger partial charge in [0.15, 0.2) is 5.75 Å². The van der Waals surface area contributed by atoms with E-state index in [0.29, 0.717) is 21.3 Å². The Morgan fingerprint density at radius 2 is 1.81 bits per heavy atom. The van der Waals surface area contributed by atoms with Gasteiger partial charge in [0, 0.05) is 5.56 Å². The van der Waals surface area contributed by atoms with Crippen LogP contribution in [0.4, 0.5) is 17.6 Å². The molecule has 1 heterocycles. The van der Waals surface area contributed by atoms with Crippen LogP contribution in [0.3, 0.4) is 0 Å². The maximum Gasteiger partial charge on any atom is 0.534 e. The fourth-order valence-electron chi connectivity index (χ4n) is 2.83. The lowest BCUT2D eigenvalue weighted by atomic mass is 9.98. The van der Waals surface area contributed by atoms with E-state index in [0.717, 1.165) is 25.0 Å². The number of halogens is 4. The van der Waals surface area contributed by atoms with E-state index in [2.05, 4.69) is 9.17 Å². The zero-order valence-electron chi connectivity index (χ0n) is 13.5. The predicted molar refractivity (Wildman–Crippen MR) is 92.6 cm³/mol. The topological polar surface area (TPSA) is 56.3 Å². The molecule has 1 aliphatic rings. The molecule has 3 aromatic rings. The van der Waals surface area contributed by atoms with Gasteiger partial charge in [-0.25, -0.2) is 9.37 Å². The minimum atomic E-state index is -5.87. The Balaban J connectivity index is 2.01. The van der Waals surface area contributed by atoms with Crippen molar-refractivity contribution in [2.45, 2.75) is 24.3 Å². The summed E-state index contributed by atoms with van der Waals surface area (Å²) in [4.78, 5) is 4.16. The van der Waals surface area contributed by atoms with E-state index in [4.69, 9.17) is 0 Å². The summed E-state index contributed by atoms with van der Waals surface area (Å²) in [5.74, 6) is -1.01. The normalized spacial score (nSPS) is 15.3. The first-order valence-electron chi connectivity index (χ1n) is 7.84. The third-order valence-corrected chi connectivity index (χ3v) is 5.96. The average Bonchev–Trinajstić information content (AvgIpc) is 3.32. The Bertz CT molecular complexity index is 1120. The van der Waals surface area contributed by atoms with E-state index < -0.39 is 21.4 Å². The molecule has 1 saturated carbocycles. The van der Waals surface area contributed by atoms with Crippen LogP contribution in [0.15, 0.2) is 35.8 Å². The van der Waals surface area contributed by atoms with E-state index in [1.807, 2.05) is 0 Å². The first-order chi connectivity index (χ1) is 12.7. The van der Waals surface area contributed by atoms with E-state index in [1.54, 1.807) is 6.07 Å². The fourth-order valence-corrected chi connectivity index (χ4v) is 4.06. The van der Waals surface area contributed by atoms with Gasteiger partial charge in [-0.15, -0.1) is 11.3 Å². The van der Waals surface area contributed by atoms with Gasteiger partial charge in [0.25, 0.3) is 0 Å². The number of rotatable bonds is 4. The maximum absolute atomic E-state index is 13.3. The van der Waals surface area contributed by atoms with Crippen LogP contribution in [-0.2, 0) is 10.1 Å². The zero-order valence-corrected chi connectivity index (χ0v) is 15.1. The van der Waals surface area contributed by atoms with Gasteiger partial charge >= 0.3 is 15.6 Å². The van der Waals surface area contributed by atoms with Crippen molar-refractivity contribution in [3.63, 3.8) is 0 Å². The van der Waals surface area contributed by atoms with E-state index in [9.17, 15) is 26.0 Å². The van der Waals surface area contributed by atoms with Gasteiger partial charge in [-0.2, -0.15) is 21.6 Å². The first kappa shape index (κ1) is 18.2. The average molecular weight is 417 g/mol. The summed E-state index contributed by atoms with van der Waals surface area (Å²) in [5, 5.41) is 0. The third-order valence-electron chi connectivity index (χ3n) is 4.23. The van der Waals surface area contributed by atoms with Crippen LogP contribution in [0.1, 0.15) is 24.3 Å². The predicted octanol–water partition coefficient (Wildman–Crippen LogP) is 5.21. The highest BCUT2D eigenvalue weighted by atomic mass is 32.2. The van der Waals surface area contributed by atoms with E-state index in [-0.39, 0.29) is 17.2 Å². The molecule has 27 heavy (non-hydrogen) atoms. The lowest BCUT2D eigenvalue weighted by molar-refractivity contribution is -0.0500. The van der Waals surface area contributed by atoms with Crippen LogP contribution >= 0.6 is 11.3 Å². The molecule has 1 aromatic heterocycles. The van der Waals surface area contributed by atoms with Crippen molar-refractivity contribution in [2.24, 2.45) is 0 Å². The van der Waals surface area contributed by atoms with Crippen molar-refractivity contribution < 1.29 is 30.2 Å². The minimum Gasteiger partial charge on any atom is -0.375 e. The highest BCUT2D eigenvalue weighted by molar-refractivity contribution is 7.88. The van der Waals surface area contributed by atoms with Crippen molar-refractivity contribution in [2.75, 3.05) is 0 Å². The summed E-state index contributed by atoms with van der Waals surface area (Å²) < 4.78 is 80.8. The second-order valence-electron chi connectivity index (χ2n) is 6.13. The molecule has 0 atom stereocenters. The molecule has 0 aliphatic heterocycles. The van der Waals surface area contributed by atoms with Crippen molar-refractivity contribution in [3.8, 4) is 16.9 Å². The van der Waals surface area contributed by atoms with Gasteiger partial charge in [0.1, 0.15) is 5.82 Å². The Kier molecular flexibility index (Phi) is 4.15. The smallest absolute Gasteiger partial charge is 0.375 e. The molecule has 4 nitrogen and oxygen atoms in total. The Labute approximate surface area is 155 Å². The number of nitrogens with zero attached hydrogens (tertiary/aromatic N) is 1. The van der Waals surface area contributed by atoms with Crippen molar-refractivity contribution in [3.05, 3.63) is 47.2 Å². The Morgan fingerprint density at radius 1 is 1.15 bits per heavy atom. The van der Waals surface area contributed by atoms with Gasteiger partial charge in [-0.05, 0) is 42.5 Å². The second kappa shape index (κ2) is 6.16. The monoisotopic (exact) mass is 417 g/mol. The summed E-state index contributed by atoms with van der Waals surface area (Å²) >= 11 is 1.28. The number of alkyl halides is 3. The number of thiazole rings is 1. The Morgan fingerprint density at radius 3 is 2.41 bits per heavy atom. The molecule has 1 aliphatic carbocycles. The minimum absolute atomic E-state index is 0.0888. The summed E-state index contributed by atoms with van der Waals surface area (Å²) in [6.45, 7) is 0. The lowest BCUT2D eigenvalue weighted by Crippen LogP contribution is -2.28. The second-order valence-corrected chi connectivity index (χ2v) is 8.56. The van der Waals surface area contributed by atoms with Gasteiger partial charge in [0.2, 0.25) is 0 Å². The SMILES string of the molecule is O=S(=O)(Oc1c(C2CC2)cc2scnc2c1-c1ccc(F)cc1)C(F)(F)F. The molecule has 0 unspecified atom stereocenters. The highest BCUT2D eigenvalue weighted by Crippen LogP contribution is 2.51. The molecule has 0 amide bonds. The van der Waals surface area contributed by atoms with Crippen LogP contribution in [-0.4, -0.2) is 18.9 Å². The first-order valence-corrected chi connectivity index (χ1v) is 10.1.